The number of amides is 1. The standard InChI is InChI=1S/C15H18BrNO/c1-10-5-13(7-14(16)6-10)15(18)17-8-11-3-2-4-12(11)9-17/h5-7,11-12H,2-4,8-9H2,1H3. The molecule has 0 bridgehead atoms. The molecule has 1 aromatic rings. The van der Waals surface area contributed by atoms with Crippen LogP contribution < -0.4 is 0 Å². The molecule has 1 saturated heterocycles. The zero-order chi connectivity index (χ0) is 12.7. The Morgan fingerprint density at radius 3 is 2.50 bits per heavy atom. The Hall–Kier alpha value is -0.830. The number of hydrogen-bond acceptors (Lipinski definition) is 1. The average Bonchev–Trinajstić information content (AvgIpc) is 2.86. The molecule has 2 fully saturated rings. The molecule has 2 unspecified atom stereocenters. The van der Waals surface area contributed by atoms with E-state index in [1.807, 2.05) is 25.1 Å². The quantitative estimate of drug-likeness (QED) is 0.776. The van der Waals surface area contributed by atoms with Crippen molar-refractivity contribution in [2.24, 2.45) is 11.8 Å². The number of aryl methyl sites for hydroxylation is 1. The molecular formula is C15H18BrNO. The summed E-state index contributed by atoms with van der Waals surface area (Å²) in [4.78, 5) is 14.5. The van der Waals surface area contributed by atoms with E-state index in [4.69, 9.17) is 0 Å². The molecule has 0 N–H and O–H groups in total. The summed E-state index contributed by atoms with van der Waals surface area (Å²) in [6, 6.07) is 5.96. The Bertz CT molecular complexity index is 453. The molecule has 3 heteroatoms. The second-order valence-corrected chi connectivity index (χ2v) is 6.59. The first-order valence-corrected chi connectivity index (χ1v) is 7.49. The van der Waals surface area contributed by atoms with Crippen molar-refractivity contribution < 1.29 is 4.79 Å². The smallest absolute Gasteiger partial charge is 0.253 e. The number of carbonyl (C=O) groups is 1. The molecule has 0 radical (unpaired) electrons. The van der Waals surface area contributed by atoms with Crippen LogP contribution in [0, 0.1) is 18.8 Å². The second kappa shape index (κ2) is 4.69. The molecule has 18 heavy (non-hydrogen) atoms. The van der Waals surface area contributed by atoms with Gasteiger partial charge in [0.2, 0.25) is 0 Å². The maximum atomic E-state index is 12.5. The molecule has 2 atom stereocenters. The van der Waals surface area contributed by atoms with Crippen molar-refractivity contribution in [1.82, 2.24) is 4.90 Å². The van der Waals surface area contributed by atoms with Crippen LogP contribution in [0.5, 0.6) is 0 Å². The number of halogens is 1. The predicted molar refractivity (Wildman–Crippen MR) is 75.6 cm³/mol. The Balaban J connectivity index is 1.78. The van der Waals surface area contributed by atoms with Crippen LogP contribution in [-0.4, -0.2) is 23.9 Å². The maximum absolute atomic E-state index is 12.5. The number of carbonyl (C=O) groups excluding carboxylic acids is 1. The van der Waals surface area contributed by atoms with Gasteiger partial charge in [-0.05, 0) is 55.4 Å². The van der Waals surface area contributed by atoms with Crippen molar-refractivity contribution in [3.63, 3.8) is 0 Å². The highest BCUT2D eigenvalue weighted by Gasteiger charge is 2.38. The minimum absolute atomic E-state index is 0.203. The first kappa shape index (κ1) is 12.2. The van der Waals surface area contributed by atoms with Crippen LogP contribution in [-0.2, 0) is 0 Å². The van der Waals surface area contributed by atoms with E-state index < -0.39 is 0 Å². The molecule has 1 amide bonds. The number of benzene rings is 1. The average molecular weight is 308 g/mol. The molecule has 1 saturated carbocycles. The first-order valence-electron chi connectivity index (χ1n) is 6.70. The molecule has 3 rings (SSSR count). The maximum Gasteiger partial charge on any atom is 0.253 e. The minimum Gasteiger partial charge on any atom is -0.338 e. The van der Waals surface area contributed by atoms with Gasteiger partial charge in [0.15, 0.2) is 0 Å². The topological polar surface area (TPSA) is 20.3 Å². The lowest BCUT2D eigenvalue weighted by atomic mass is 10.0. The van der Waals surface area contributed by atoms with Gasteiger partial charge < -0.3 is 4.90 Å². The van der Waals surface area contributed by atoms with Crippen LogP contribution in [0.3, 0.4) is 0 Å². The molecule has 1 heterocycles. The molecule has 1 aromatic carbocycles. The van der Waals surface area contributed by atoms with Crippen LogP contribution in [0.4, 0.5) is 0 Å². The van der Waals surface area contributed by atoms with E-state index >= 15 is 0 Å². The molecule has 2 nitrogen and oxygen atoms in total. The number of fused-ring (bicyclic) bond motifs is 1. The fourth-order valence-corrected chi connectivity index (χ4v) is 4.05. The summed E-state index contributed by atoms with van der Waals surface area (Å²) in [7, 11) is 0. The van der Waals surface area contributed by atoms with Crippen molar-refractivity contribution in [1.29, 1.82) is 0 Å². The van der Waals surface area contributed by atoms with Gasteiger partial charge in [0.25, 0.3) is 5.91 Å². The van der Waals surface area contributed by atoms with Gasteiger partial charge in [-0.2, -0.15) is 0 Å². The third-order valence-electron chi connectivity index (χ3n) is 4.30. The first-order chi connectivity index (χ1) is 8.63. The fourth-order valence-electron chi connectivity index (χ4n) is 3.44. The summed E-state index contributed by atoms with van der Waals surface area (Å²) >= 11 is 3.47. The van der Waals surface area contributed by atoms with Crippen molar-refractivity contribution in [2.45, 2.75) is 26.2 Å². The number of nitrogens with zero attached hydrogens (tertiary/aromatic N) is 1. The molecule has 96 valence electrons. The fraction of sp³-hybridized carbons (Fsp3) is 0.533. The normalized spacial score (nSPS) is 26.4. The molecule has 1 aliphatic carbocycles. The monoisotopic (exact) mass is 307 g/mol. The highest BCUT2D eigenvalue weighted by Crippen LogP contribution is 2.38. The largest absolute Gasteiger partial charge is 0.338 e. The Kier molecular flexibility index (Phi) is 3.18. The van der Waals surface area contributed by atoms with Crippen LogP contribution in [0.25, 0.3) is 0 Å². The molecular weight excluding hydrogens is 290 g/mol. The second-order valence-electron chi connectivity index (χ2n) is 5.68. The molecule has 0 spiro atoms. The van der Waals surface area contributed by atoms with E-state index in [1.165, 1.54) is 19.3 Å². The Morgan fingerprint density at radius 1 is 1.22 bits per heavy atom. The van der Waals surface area contributed by atoms with E-state index in [2.05, 4.69) is 20.8 Å². The van der Waals surface area contributed by atoms with E-state index in [0.29, 0.717) is 0 Å². The predicted octanol–water partition coefficient (Wildman–Crippen LogP) is 3.63. The third-order valence-corrected chi connectivity index (χ3v) is 4.76. The lowest BCUT2D eigenvalue weighted by Gasteiger charge is -2.17. The van der Waals surface area contributed by atoms with E-state index in [9.17, 15) is 4.79 Å². The van der Waals surface area contributed by atoms with Gasteiger partial charge in [0.05, 0.1) is 0 Å². The van der Waals surface area contributed by atoms with Crippen molar-refractivity contribution >= 4 is 21.8 Å². The van der Waals surface area contributed by atoms with Gasteiger partial charge in [-0.3, -0.25) is 4.79 Å². The van der Waals surface area contributed by atoms with Gasteiger partial charge in [0, 0.05) is 23.1 Å². The van der Waals surface area contributed by atoms with Crippen LogP contribution >= 0.6 is 15.9 Å². The summed E-state index contributed by atoms with van der Waals surface area (Å²) < 4.78 is 0.991. The lowest BCUT2D eigenvalue weighted by molar-refractivity contribution is 0.0780. The molecule has 1 aliphatic heterocycles. The minimum atomic E-state index is 0.203. The van der Waals surface area contributed by atoms with Crippen LogP contribution in [0.1, 0.15) is 35.2 Å². The highest BCUT2D eigenvalue weighted by atomic mass is 79.9. The Morgan fingerprint density at radius 2 is 1.89 bits per heavy atom. The van der Waals surface area contributed by atoms with Crippen LogP contribution in [0.15, 0.2) is 22.7 Å². The van der Waals surface area contributed by atoms with Gasteiger partial charge >= 0.3 is 0 Å². The molecule has 2 aliphatic rings. The zero-order valence-corrected chi connectivity index (χ0v) is 12.2. The van der Waals surface area contributed by atoms with Gasteiger partial charge in [-0.1, -0.05) is 22.4 Å². The van der Waals surface area contributed by atoms with E-state index in [0.717, 1.165) is 40.5 Å². The van der Waals surface area contributed by atoms with Crippen LogP contribution in [0.2, 0.25) is 0 Å². The zero-order valence-electron chi connectivity index (χ0n) is 10.7. The van der Waals surface area contributed by atoms with Crippen molar-refractivity contribution in [2.75, 3.05) is 13.1 Å². The van der Waals surface area contributed by atoms with E-state index in [1.54, 1.807) is 0 Å². The van der Waals surface area contributed by atoms with Crippen molar-refractivity contribution in [3.8, 4) is 0 Å². The lowest BCUT2D eigenvalue weighted by Crippen LogP contribution is -2.29. The number of likely N-dealkylation sites (tertiary alicyclic amines) is 1. The summed E-state index contributed by atoms with van der Waals surface area (Å²) in [5, 5.41) is 0. The molecule has 0 aromatic heterocycles. The summed E-state index contributed by atoms with van der Waals surface area (Å²) in [6.45, 7) is 3.96. The third kappa shape index (κ3) is 2.20. The summed E-state index contributed by atoms with van der Waals surface area (Å²) in [6.07, 6.45) is 3.98. The van der Waals surface area contributed by atoms with Gasteiger partial charge in [-0.15, -0.1) is 0 Å². The van der Waals surface area contributed by atoms with Crippen molar-refractivity contribution in [3.05, 3.63) is 33.8 Å². The van der Waals surface area contributed by atoms with Gasteiger partial charge in [0.1, 0.15) is 0 Å². The summed E-state index contributed by atoms with van der Waals surface area (Å²) in [5.74, 6) is 1.73. The number of rotatable bonds is 1. The van der Waals surface area contributed by atoms with E-state index in [-0.39, 0.29) is 5.91 Å². The SMILES string of the molecule is Cc1cc(Br)cc(C(=O)N2CC3CCCC3C2)c1. The highest BCUT2D eigenvalue weighted by molar-refractivity contribution is 9.10. The Labute approximate surface area is 116 Å². The van der Waals surface area contributed by atoms with Gasteiger partial charge in [-0.25, -0.2) is 0 Å². The summed E-state index contributed by atoms with van der Waals surface area (Å²) in [5.41, 5.74) is 1.95. The number of hydrogen-bond donors (Lipinski definition) is 0.